The Morgan fingerprint density at radius 1 is 0.958 bits per heavy atom. The zero-order valence-electron chi connectivity index (χ0n) is 13.6. The fourth-order valence-corrected chi connectivity index (χ4v) is 4.15. The van der Waals surface area contributed by atoms with Crippen molar-refractivity contribution in [2.24, 2.45) is 0 Å². The van der Waals surface area contributed by atoms with Crippen molar-refractivity contribution >= 4 is 28.6 Å². The summed E-state index contributed by atoms with van der Waals surface area (Å²) in [6.45, 7) is 4.13. The summed E-state index contributed by atoms with van der Waals surface area (Å²) in [7, 11) is 0. The van der Waals surface area contributed by atoms with Crippen LogP contribution in [0.5, 0.6) is 0 Å². The standard InChI is InChI=1S/C20H18N2OS/c1-13-7-3-6-10-17(13)22-19(18-14(2)11-12-24-18)21-16-9-5-4-8-15(16)20(22)23/h3-12,19,21H,1-2H3. The lowest BCUT2D eigenvalue weighted by atomic mass is 10.0. The van der Waals surface area contributed by atoms with Gasteiger partial charge < -0.3 is 5.32 Å². The third kappa shape index (κ3) is 2.31. The van der Waals surface area contributed by atoms with Crippen molar-refractivity contribution in [2.75, 3.05) is 10.2 Å². The average molecular weight is 334 g/mol. The van der Waals surface area contributed by atoms with Gasteiger partial charge in [0.05, 0.1) is 10.4 Å². The highest BCUT2D eigenvalue weighted by Gasteiger charge is 2.35. The summed E-state index contributed by atoms with van der Waals surface area (Å²) < 4.78 is 0. The van der Waals surface area contributed by atoms with Crippen LogP contribution < -0.4 is 10.2 Å². The Morgan fingerprint density at radius 3 is 2.46 bits per heavy atom. The SMILES string of the molecule is Cc1ccccc1N1C(=O)c2ccccc2NC1c1sccc1C. The van der Waals surface area contributed by atoms with E-state index in [1.807, 2.05) is 60.4 Å². The maximum Gasteiger partial charge on any atom is 0.262 e. The predicted octanol–water partition coefficient (Wildman–Crippen LogP) is 5.14. The minimum Gasteiger partial charge on any atom is -0.360 e. The molecule has 1 N–H and O–H groups in total. The van der Waals surface area contributed by atoms with Gasteiger partial charge in [0.1, 0.15) is 6.17 Å². The van der Waals surface area contributed by atoms with E-state index in [-0.39, 0.29) is 12.1 Å². The second-order valence-electron chi connectivity index (χ2n) is 6.02. The summed E-state index contributed by atoms with van der Waals surface area (Å²) in [5, 5.41) is 5.64. The van der Waals surface area contributed by atoms with Gasteiger partial charge in [0, 0.05) is 11.4 Å². The molecule has 120 valence electrons. The molecule has 1 aliphatic rings. The van der Waals surface area contributed by atoms with Crippen LogP contribution in [0.1, 0.15) is 32.5 Å². The molecule has 1 atom stereocenters. The van der Waals surface area contributed by atoms with Gasteiger partial charge in [0.25, 0.3) is 5.91 Å². The molecule has 3 nitrogen and oxygen atoms in total. The number of para-hydroxylation sites is 2. The van der Waals surface area contributed by atoms with Crippen molar-refractivity contribution in [3.05, 3.63) is 81.5 Å². The third-order valence-electron chi connectivity index (χ3n) is 4.45. The fraction of sp³-hybridized carbons (Fsp3) is 0.150. The minimum absolute atomic E-state index is 0.0384. The second kappa shape index (κ2) is 5.80. The van der Waals surface area contributed by atoms with Gasteiger partial charge >= 0.3 is 0 Å². The third-order valence-corrected chi connectivity index (χ3v) is 5.52. The van der Waals surface area contributed by atoms with Crippen LogP contribution in [0, 0.1) is 13.8 Å². The first kappa shape index (κ1) is 15.0. The van der Waals surface area contributed by atoms with Gasteiger partial charge in [-0.3, -0.25) is 9.69 Å². The molecule has 0 saturated carbocycles. The van der Waals surface area contributed by atoms with E-state index in [2.05, 4.69) is 23.7 Å². The largest absolute Gasteiger partial charge is 0.360 e. The molecule has 1 unspecified atom stereocenters. The molecule has 4 heteroatoms. The Hall–Kier alpha value is -2.59. The molecular formula is C20H18N2OS. The van der Waals surface area contributed by atoms with E-state index in [1.54, 1.807) is 11.3 Å². The molecule has 1 aliphatic heterocycles. The van der Waals surface area contributed by atoms with E-state index >= 15 is 0 Å². The lowest BCUT2D eigenvalue weighted by Crippen LogP contribution is -2.43. The summed E-state index contributed by atoms with van der Waals surface area (Å²) in [5.41, 5.74) is 4.84. The summed E-state index contributed by atoms with van der Waals surface area (Å²) in [6, 6.07) is 17.9. The van der Waals surface area contributed by atoms with Crippen LogP contribution in [0.15, 0.2) is 60.0 Å². The smallest absolute Gasteiger partial charge is 0.262 e. The number of nitrogens with zero attached hydrogens (tertiary/aromatic N) is 1. The highest BCUT2D eigenvalue weighted by atomic mass is 32.1. The molecule has 1 aromatic heterocycles. The van der Waals surface area contributed by atoms with Gasteiger partial charge in [-0.2, -0.15) is 0 Å². The molecule has 0 spiro atoms. The van der Waals surface area contributed by atoms with Crippen LogP contribution >= 0.6 is 11.3 Å². The van der Waals surface area contributed by atoms with E-state index in [0.717, 1.165) is 16.9 Å². The van der Waals surface area contributed by atoms with Crippen LogP contribution in [0.2, 0.25) is 0 Å². The first-order valence-corrected chi connectivity index (χ1v) is 8.83. The number of anilines is 2. The molecule has 4 rings (SSSR count). The lowest BCUT2D eigenvalue weighted by molar-refractivity contribution is 0.0975. The zero-order chi connectivity index (χ0) is 16.7. The number of nitrogens with one attached hydrogen (secondary N) is 1. The highest BCUT2D eigenvalue weighted by Crippen LogP contribution is 2.40. The van der Waals surface area contributed by atoms with Gasteiger partial charge in [-0.25, -0.2) is 0 Å². The number of fused-ring (bicyclic) bond motifs is 1. The van der Waals surface area contributed by atoms with Crippen molar-refractivity contribution in [3.8, 4) is 0 Å². The molecule has 0 bridgehead atoms. The molecule has 2 aromatic carbocycles. The van der Waals surface area contributed by atoms with E-state index in [9.17, 15) is 4.79 Å². The normalized spacial score (nSPS) is 16.7. The van der Waals surface area contributed by atoms with Crippen LogP contribution in [0.3, 0.4) is 0 Å². The summed E-state index contributed by atoms with van der Waals surface area (Å²) in [6.07, 6.45) is -0.187. The van der Waals surface area contributed by atoms with Gasteiger partial charge in [0.2, 0.25) is 0 Å². The zero-order valence-corrected chi connectivity index (χ0v) is 14.4. The number of carbonyl (C=O) groups is 1. The summed E-state index contributed by atoms with van der Waals surface area (Å²) in [5.74, 6) is 0.0384. The molecule has 0 saturated heterocycles. The maximum atomic E-state index is 13.3. The Labute approximate surface area is 145 Å². The Morgan fingerprint density at radius 2 is 1.71 bits per heavy atom. The number of thiophene rings is 1. The first-order chi connectivity index (χ1) is 11.7. The lowest BCUT2D eigenvalue weighted by Gasteiger charge is -2.38. The fourth-order valence-electron chi connectivity index (χ4n) is 3.18. The van der Waals surface area contributed by atoms with Crippen LogP contribution in [-0.2, 0) is 0 Å². The molecule has 0 radical (unpaired) electrons. The van der Waals surface area contributed by atoms with Gasteiger partial charge in [0.15, 0.2) is 0 Å². The number of carbonyl (C=O) groups excluding carboxylic acids is 1. The van der Waals surface area contributed by atoms with Gasteiger partial charge in [-0.05, 0) is 54.6 Å². The minimum atomic E-state index is -0.187. The second-order valence-corrected chi connectivity index (χ2v) is 6.97. The molecule has 3 aromatic rings. The number of benzene rings is 2. The maximum absolute atomic E-state index is 13.3. The van der Waals surface area contributed by atoms with Crippen LogP contribution in [0.4, 0.5) is 11.4 Å². The Kier molecular flexibility index (Phi) is 3.62. The van der Waals surface area contributed by atoms with Gasteiger partial charge in [-0.1, -0.05) is 30.3 Å². The van der Waals surface area contributed by atoms with Crippen LogP contribution in [0.25, 0.3) is 0 Å². The number of hydrogen-bond acceptors (Lipinski definition) is 3. The number of amides is 1. The van der Waals surface area contributed by atoms with Crippen molar-refractivity contribution < 1.29 is 4.79 Å². The number of rotatable bonds is 2. The Bertz CT molecular complexity index is 915. The van der Waals surface area contributed by atoms with Crippen molar-refractivity contribution in [1.29, 1.82) is 0 Å². The van der Waals surface area contributed by atoms with E-state index in [4.69, 9.17) is 0 Å². The molecule has 1 amide bonds. The Balaban J connectivity index is 1.91. The van der Waals surface area contributed by atoms with Crippen molar-refractivity contribution in [1.82, 2.24) is 0 Å². The number of aryl methyl sites for hydroxylation is 2. The molecule has 24 heavy (non-hydrogen) atoms. The van der Waals surface area contributed by atoms with Crippen molar-refractivity contribution in [2.45, 2.75) is 20.0 Å². The first-order valence-electron chi connectivity index (χ1n) is 7.95. The van der Waals surface area contributed by atoms with Crippen molar-refractivity contribution in [3.63, 3.8) is 0 Å². The predicted molar refractivity (Wildman–Crippen MR) is 99.9 cm³/mol. The van der Waals surface area contributed by atoms with Crippen LogP contribution in [-0.4, -0.2) is 5.91 Å². The molecular weight excluding hydrogens is 316 g/mol. The quantitative estimate of drug-likeness (QED) is 0.704. The molecule has 2 heterocycles. The van der Waals surface area contributed by atoms with E-state index < -0.39 is 0 Å². The monoisotopic (exact) mass is 334 g/mol. The van der Waals surface area contributed by atoms with E-state index in [0.29, 0.717) is 5.56 Å². The number of hydrogen-bond donors (Lipinski definition) is 1. The topological polar surface area (TPSA) is 32.3 Å². The highest BCUT2D eigenvalue weighted by molar-refractivity contribution is 7.10. The molecule has 0 fully saturated rings. The average Bonchev–Trinajstić information content (AvgIpc) is 3.02. The van der Waals surface area contributed by atoms with E-state index in [1.165, 1.54) is 10.4 Å². The summed E-state index contributed by atoms with van der Waals surface area (Å²) >= 11 is 1.68. The van der Waals surface area contributed by atoms with Gasteiger partial charge in [-0.15, -0.1) is 11.3 Å². The summed E-state index contributed by atoms with van der Waals surface area (Å²) in [4.78, 5) is 16.3. The molecule has 0 aliphatic carbocycles.